The minimum Gasteiger partial charge on any atom is -0.356 e. The summed E-state index contributed by atoms with van der Waals surface area (Å²) in [4.78, 5) is 14.3. The van der Waals surface area contributed by atoms with Crippen LogP contribution in [-0.2, 0) is 46.0 Å². The number of unbranched alkanes of at least 4 members (excludes halogenated alkanes) is 6. The van der Waals surface area contributed by atoms with E-state index in [0.29, 0.717) is 49.8 Å². The van der Waals surface area contributed by atoms with E-state index >= 15 is 0 Å². The third-order valence-corrected chi connectivity index (χ3v) is 15.2. The predicted molar refractivity (Wildman–Crippen MR) is 262 cm³/mol. The summed E-state index contributed by atoms with van der Waals surface area (Å²) in [5.74, 6) is -0.302. The van der Waals surface area contributed by atoms with Gasteiger partial charge in [0.1, 0.15) is 6.54 Å². The van der Waals surface area contributed by atoms with Gasteiger partial charge in [-0.2, -0.15) is 29.8 Å². The summed E-state index contributed by atoms with van der Waals surface area (Å²) in [6, 6.07) is 16.8. The van der Waals surface area contributed by atoms with Gasteiger partial charge in [-0.15, -0.1) is 0 Å². The van der Waals surface area contributed by atoms with Crippen molar-refractivity contribution < 1.29 is 48.3 Å². The van der Waals surface area contributed by atoms with Gasteiger partial charge in [-0.1, -0.05) is 63.1 Å². The van der Waals surface area contributed by atoms with E-state index in [1.54, 1.807) is 18.2 Å². The van der Waals surface area contributed by atoms with Crippen LogP contribution in [0, 0.1) is 0 Å². The quantitative estimate of drug-likeness (QED) is 0.0216. The largest absolute Gasteiger partial charge is 0.356 e. The second kappa shape index (κ2) is 20.6. The number of hydrogen-bond acceptors (Lipinski definition) is 9. The number of nitrogens with zero attached hydrogens (tertiary/aromatic N) is 2. The van der Waals surface area contributed by atoms with Crippen LogP contribution < -0.4 is 16.0 Å². The molecule has 14 nitrogen and oxygen atoms in total. The van der Waals surface area contributed by atoms with Crippen LogP contribution in [-0.4, -0.2) is 87.0 Å². The maximum atomic E-state index is 12.5. The molecule has 0 unspecified atom stereocenters. The van der Waals surface area contributed by atoms with Crippen molar-refractivity contribution in [3.8, 4) is 0 Å². The van der Waals surface area contributed by atoms with Gasteiger partial charge in [0.05, 0.1) is 21.0 Å². The highest BCUT2D eigenvalue weighted by Crippen LogP contribution is 2.51. The van der Waals surface area contributed by atoms with E-state index in [4.69, 9.17) is 5.73 Å². The molecule has 0 radical (unpaired) electrons. The molecule has 66 heavy (non-hydrogen) atoms. The van der Waals surface area contributed by atoms with Crippen molar-refractivity contribution in [3.63, 3.8) is 0 Å². The Morgan fingerprint density at radius 1 is 0.697 bits per heavy atom. The van der Waals surface area contributed by atoms with Crippen molar-refractivity contribution in [2.24, 2.45) is 5.73 Å². The molecule has 4 aromatic carbocycles. The van der Waals surface area contributed by atoms with Crippen molar-refractivity contribution in [2.45, 2.75) is 113 Å². The van der Waals surface area contributed by atoms with E-state index in [0.717, 1.165) is 89.6 Å². The first-order valence-corrected chi connectivity index (χ1v) is 27.0. The fourth-order valence-corrected chi connectivity index (χ4v) is 11.1. The average molecular weight is 964 g/mol. The fraction of sp³-hybridized carbons (Fsp3) is 0.429. The fourth-order valence-electron chi connectivity index (χ4n) is 9.53. The van der Waals surface area contributed by atoms with Gasteiger partial charge in [-0.05, 0) is 128 Å². The van der Waals surface area contributed by atoms with E-state index in [2.05, 4.69) is 48.6 Å². The number of benzene rings is 4. The number of rotatable bonds is 22. The summed E-state index contributed by atoms with van der Waals surface area (Å²) >= 11 is 0. The summed E-state index contributed by atoms with van der Waals surface area (Å²) in [6.45, 7) is 10.9. The third-order valence-electron chi connectivity index (χ3n) is 12.7. The van der Waals surface area contributed by atoms with Crippen LogP contribution in [0.15, 0.2) is 107 Å². The summed E-state index contributed by atoms with van der Waals surface area (Å²) in [5, 5.41) is 6.05. The molecular weight excluding hydrogens is 901 g/mol. The van der Waals surface area contributed by atoms with Gasteiger partial charge < -0.3 is 16.0 Å². The smallest absolute Gasteiger partial charge is 0.294 e. The van der Waals surface area contributed by atoms with Crippen LogP contribution in [0.3, 0.4) is 0 Å². The molecule has 0 fully saturated rings. The molecular formula is C49H63N4O10S3+. The first-order chi connectivity index (χ1) is 31.1. The maximum absolute atomic E-state index is 12.5. The normalized spacial score (nSPS) is 16.7. The Bertz CT molecular complexity index is 2960. The minimum absolute atomic E-state index is 0.0573. The molecule has 2 aliphatic rings. The maximum Gasteiger partial charge on any atom is 0.294 e. The Hall–Kier alpha value is -4.75. The number of hydrogen-bond donors (Lipinski definition) is 5. The summed E-state index contributed by atoms with van der Waals surface area (Å²) in [7, 11) is -13.0. The lowest BCUT2D eigenvalue weighted by Gasteiger charge is -2.27. The van der Waals surface area contributed by atoms with Crippen LogP contribution in [0.2, 0.25) is 0 Å². The highest BCUT2D eigenvalue weighted by atomic mass is 32.2. The van der Waals surface area contributed by atoms with Crippen molar-refractivity contribution in [1.29, 1.82) is 0 Å². The second-order valence-corrected chi connectivity index (χ2v) is 22.6. The van der Waals surface area contributed by atoms with Gasteiger partial charge in [0.15, 0.2) is 5.71 Å². The van der Waals surface area contributed by atoms with Crippen LogP contribution in [0.25, 0.3) is 21.5 Å². The SMILES string of the molecule is CC1(C)C(=CC=CC=CC2=[N+](CCCCCC(=O)NCCCCCCN)c3ccc4cc(S(=O)(=O)O)ccc4c3C2(C)C)N(CCCCS(=O)(=O)O)c2ccc3cc(S(=O)(=O)O)ccc3c21. The second-order valence-electron chi connectivity index (χ2n) is 18.2. The molecule has 6 rings (SSSR count). The lowest BCUT2D eigenvalue weighted by Crippen LogP contribution is -2.28. The van der Waals surface area contributed by atoms with Gasteiger partial charge >= 0.3 is 0 Å². The lowest BCUT2D eigenvalue weighted by molar-refractivity contribution is -0.438. The summed E-state index contributed by atoms with van der Waals surface area (Å²) < 4.78 is 102. The highest BCUT2D eigenvalue weighted by Gasteiger charge is 2.45. The van der Waals surface area contributed by atoms with E-state index < -0.39 is 41.2 Å². The molecule has 2 heterocycles. The van der Waals surface area contributed by atoms with E-state index in [1.807, 2.05) is 42.5 Å². The molecule has 0 aliphatic carbocycles. The van der Waals surface area contributed by atoms with Gasteiger partial charge in [0.25, 0.3) is 30.4 Å². The van der Waals surface area contributed by atoms with Crippen molar-refractivity contribution >= 4 is 74.9 Å². The first-order valence-electron chi connectivity index (χ1n) is 22.5. The van der Waals surface area contributed by atoms with Gasteiger partial charge in [-0.25, -0.2) is 0 Å². The molecule has 1 amide bonds. The third kappa shape index (κ3) is 11.7. The molecule has 17 heteroatoms. The number of nitrogens with one attached hydrogen (secondary N) is 1. The van der Waals surface area contributed by atoms with E-state index in [-0.39, 0.29) is 27.9 Å². The van der Waals surface area contributed by atoms with E-state index in [9.17, 15) is 43.7 Å². The Labute approximate surface area is 389 Å². The molecule has 4 aromatic rings. The number of nitrogens with two attached hydrogens (primary N) is 1. The molecule has 2 aliphatic heterocycles. The molecule has 0 aromatic heterocycles. The van der Waals surface area contributed by atoms with Gasteiger partial charge in [0.2, 0.25) is 11.6 Å². The number of fused-ring (bicyclic) bond motifs is 6. The summed E-state index contributed by atoms with van der Waals surface area (Å²) in [6.07, 6.45) is 17.6. The van der Waals surface area contributed by atoms with Crippen LogP contribution >= 0.6 is 0 Å². The number of allylic oxidation sites excluding steroid dienone is 6. The monoisotopic (exact) mass is 963 g/mol. The standard InChI is InChI=1S/C49H62N4O10S3/c1-48(2)43(52(30-14-8-11-19-45(54)51-29-13-6-5-12-28-50)41-26-20-35-33-37(65(58,59)60)22-24-39(35)46(41)48)17-9-7-10-18-44-49(3,4)47-40-25-23-38(66(61,62)63)34-36(40)21-27-42(47)53(44)31-15-16-32-64(55,56)57/h7,9-10,17-18,20-27,33-34H,5-6,8,11-16,19,28-32,50H2,1-4H3,(H3-,51,54,55,56,57,58,59,60,61,62,63)/p+1. The van der Waals surface area contributed by atoms with Crippen molar-refractivity contribution in [1.82, 2.24) is 5.32 Å². The number of anilines is 1. The Morgan fingerprint density at radius 3 is 1.95 bits per heavy atom. The van der Waals surface area contributed by atoms with Crippen LogP contribution in [0.1, 0.15) is 103 Å². The van der Waals surface area contributed by atoms with Crippen LogP contribution in [0.5, 0.6) is 0 Å². The zero-order valence-corrected chi connectivity index (χ0v) is 40.6. The summed E-state index contributed by atoms with van der Waals surface area (Å²) in [5.41, 5.74) is 10.3. The van der Waals surface area contributed by atoms with Gasteiger partial charge in [-0.3, -0.25) is 18.5 Å². The minimum atomic E-state index is -4.42. The molecule has 356 valence electrons. The molecule has 0 spiro atoms. The molecule has 6 N–H and O–H groups in total. The first kappa shape index (κ1) is 50.7. The predicted octanol–water partition coefficient (Wildman–Crippen LogP) is 8.52. The molecule has 0 bridgehead atoms. The van der Waals surface area contributed by atoms with Gasteiger partial charge in [0, 0.05) is 60.4 Å². The Kier molecular flexibility index (Phi) is 15.8. The van der Waals surface area contributed by atoms with Crippen molar-refractivity contribution in [3.05, 3.63) is 108 Å². The van der Waals surface area contributed by atoms with Crippen molar-refractivity contribution in [2.75, 3.05) is 36.8 Å². The molecule has 0 saturated heterocycles. The Morgan fingerprint density at radius 2 is 1.32 bits per heavy atom. The average Bonchev–Trinajstić information content (AvgIpc) is 3.59. The van der Waals surface area contributed by atoms with E-state index in [1.165, 1.54) is 24.3 Å². The number of carbonyl (C=O) groups excluding carboxylic acids is 1. The Balaban J connectivity index is 1.28. The highest BCUT2D eigenvalue weighted by molar-refractivity contribution is 7.86. The molecule has 0 saturated carbocycles. The topological polar surface area (TPSA) is 224 Å². The zero-order valence-electron chi connectivity index (χ0n) is 38.2. The lowest BCUT2D eigenvalue weighted by atomic mass is 9.79. The number of carbonyl (C=O) groups is 1. The zero-order chi connectivity index (χ0) is 48.1. The number of amides is 1. The molecule has 0 atom stereocenters. The van der Waals surface area contributed by atoms with Crippen LogP contribution in [0.4, 0.5) is 11.4 Å².